The third kappa shape index (κ3) is 5.07. The maximum atomic E-state index is 12.6. The van der Waals surface area contributed by atoms with Gasteiger partial charge in [0.25, 0.3) is 0 Å². The first-order chi connectivity index (χ1) is 12.1. The lowest BCUT2D eigenvalue weighted by Crippen LogP contribution is -3.11. The van der Waals surface area contributed by atoms with Crippen LogP contribution in [-0.4, -0.2) is 19.0 Å². The normalized spacial score (nSPS) is 21.5. The van der Waals surface area contributed by atoms with Crippen molar-refractivity contribution in [3.63, 3.8) is 0 Å². The third-order valence-electron chi connectivity index (χ3n) is 5.06. The zero-order valence-corrected chi connectivity index (χ0v) is 15.4. The minimum atomic E-state index is 0.0607. The van der Waals surface area contributed by atoms with Crippen LogP contribution in [0.3, 0.4) is 0 Å². The summed E-state index contributed by atoms with van der Waals surface area (Å²) in [6, 6.07) is 18.3. The highest BCUT2D eigenvalue weighted by Crippen LogP contribution is 2.16. The highest BCUT2D eigenvalue weighted by molar-refractivity contribution is 6.30. The minimum absolute atomic E-state index is 0.0607. The number of amides is 1. The van der Waals surface area contributed by atoms with E-state index in [0.717, 1.165) is 43.1 Å². The van der Waals surface area contributed by atoms with E-state index in [2.05, 4.69) is 23.5 Å². The molecule has 1 aliphatic rings. The number of carbonyl (C=O) groups is 1. The maximum Gasteiger partial charge on any atom is 0.224 e. The molecule has 0 spiro atoms. The Kier molecular flexibility index (Phi) is 6.11. The van der Waals surface area contributed by atoms with Crippen LogP contribution in [0.25, 0.3) is 0 Å². The molecule has 1 amide bonds. The predicted molar refractivity (Wildman–Crippen MR) is 102 cm³/mol. The second-order valence-corrected chi connectivity index (χ2v) is 7.41. The van der Waals surface area contributed by atoms with E-state index < -0.39 is 0 Å². The Morgan fingerprint density at radius 3 is 2.56 bits per heavy atom. The zero-order chi connectivity index (χ0) is 17.6. The number of quaternary nitrogens is 1. The van der Waals surface area contributed by atoms with Gasteiger partial charge in [-0.05, 0) is 24.6 Å². The van der Waals surface area contributed by atoms with E-state index in [0.29, 0.717) is 0 Å². The van der Waals surface area contributed by atoms with Gasteiger partial charge in [-0.25, -0.2) is 0 Å². The van der Waals surface area contributed by atoms with Crippen LogP contribution < -0.4 is 10.2 Å². The summed E-state index contributed by atoms with van der Waals surface area (Å²) in [7, 11) is 0. The summed E-state index contributed by atoms with van der Waals surface area (Å²) in [4.78, 5) is 14.1. The van der Waals surface area contributed by atoms with Crippen LogP contribution >= 0.6 is 11.6 Å². The van der Waals surface area contributed by atoms with E-state index in [4.69, 9.17) is 11.6 Å². The molecule has 1 heterocycles. The molecule has 1 fully saturated rings. The van der Waals surface area contributed by atoms with Gasteiger partial charge in [0.2, 0.25) is 5.91 Å². The van der Waals surface area contributed by atoms with Crippen LogP contribution in [0.15, 0.2) is 54.6 Å². The lowest BCUT2D eigenvalue weighted by Gasteiger charge is -2.29. The number of likely N-dealkylation sites (tertiary alicyclic amines) is 1. The average molecular weight is 358 g/mol. The molecule has 1 aliphatic heterocycles. The molecule has 25 heavy (non-hydrogen) atoms. The van der Waals surface area contributed by atoms with Crippen molar-refractivity contribution in [3.05, 3.63) is 70.7 Å². The lowest BCUT2D eigenvalue weighted by molar-refractivity contribution is -0.919. The van der Waals surface area contributed by atoms with Crippen LogP contribution in [0.2, 0.25) is 5.02 Å². The first-order valence-corrected chi connectivity index (χ1v) is 9.43. The molecule has 3 rings (SSSR count). The number of hydrogen-bond acceptors (Lipinski definition) is 1. The number of nitrogens with one attached hydrogen (secondary N) is 2. The van der Waals surface area contributed by atoms with E-state index in [1.54, 1.807) is 0 Å². The van der Waals surface area contributed by atoms with Crippen LogP contribution in [0, 0.1) is 5.92 Å². The largest absolute Gasteiger partial charge is 0.349 e. The van der Waals surface area contributed by atoms with Crippen LogP contribution in [0.5, 0.6) is 0 Å². The second kappa shape index (κ2) is 8.50. The van der Waals surface area contributed by atoms with Crippen molar-refractivity contribution in [2.45, 2.75) is 32.4 Å². The molecule has 2 aromatic carbocycles. The highest BCUT2D eigenvalue weighted by Gasteiger charge is 2.28. The number of hydrogen-bond donors (Lipinski definition) is 2. The Bertz CT molecular complexity index is 696. The second-order valence-electron chi connectivity index (χ2n) is 6.97. The van der Waals surface area contributed by atoms with E-state index in [1.807, 2.05) is 43.3 Å². The molecule has 132 valence electrons. The summed E-state index contributed by atoms with van der Waals surface area (Å²) in [5, 5.41) is 3.96. The van der Waals surface area contributed by atoms with Gasteiger partial charge in [-0.1, -0.05) is 54.1 Å². The third-order valence-corrected chi connectivity index (χ3v) is 5.30. The van der Waals surface area contributed by atoms with Gasteiger partial charge in [0.15, 0.2) is 0 Å². The molecule has 1 saturated heterocycles. The summed E-state index contributed by atoms with van der Waals surface area (Å²) in [5.74, 6) is 0.326. The van der Waals surface area contributed by atoms with Crippen molar-refractivity contribution in [3.8, 4) is 0 Å². The maximum absolute atomic E-state index is 12.6. The van der Waals surface area contributed by atoms with Crippen molar-refractivity contribution in [1.29, 1.82) is 0 Å². The van der Waals surface area contributed by atoms with Gasteiger partial charge >= 0.3 is 0 Å². The summed E-state index contributed by atoms with van der Waals surface area (Å²) in [6.45, 7) is 5.09. The lowest BCUT2D eigenvalue weighted by atomic mass is 9.95. The monoisotopic (exact) mass is 357 g/mol. The Balaban J connectivity index is 1.47. The van der Waals surface area contributed by atoms with Gasteiger partial charge in [-0.2, -0.15) is 0 Å². The zero-order valence-electron chi connectivity index (χ0n) is 14.7. The molecule has 2 aromatic rings. The Hall–Kier alpha value is -1.84. The predicted octanol–water partition coefficient (Wildman–Crippen LogP) is 3.01. The number of carbonyl (C=O) groups excluding carboxylic acids is 1. The molecule has 1 atom stereocenters. The average Bonchev–Trinajstić information content (AvgIpc) is 2.63. The quantitative estimate of drug-likeness (QED) is 0.847. The molecule has 0 radical (unpaired) electrons. The molecule has 0 unspecified atom stereocenters. The van der Waals surface area contributed by atoms with E-state index in [-0.39, 0.29) is 17.9 Å². The molecule has 0 aromatic heterocycles. The fourth-order valence-corrected chi connectivity index (χ4v) is 3.77. The van der Waals surface area contributed by atoms with Crippen molar-refractivity contribution >= 4 is 17.5 Å². The number of halogens is 1. The van der Waals surface area contributed by atoms with Crippen molar-refractivity contribution in [2.24, 2.45) is 5.92 Å². The molecule has 2 N–H and O–H groups in total. The Morgan fingerprint density at radius 1 is 1.16 bits per heavy atom. The van der Waals surface area contributed by atoms with Gasteiger partial charge in [0.1, 0.15) is 6.54 Å². The smallest absolute Gasteiger partial charge is 0.224 e. The number of rotatable bonds is 5. The van der Waals surface area contributed by atoms with E-state index >= 15 is 0 Å². The highest BCUT2D eigenvalue weighted by atomic mass is 35.5. The summed E-state index contributed by atoms with van der Waals surface area (Å²) in [5.41, 5.74) is 2.42. The molecular weight excluding hydrogens is 332 g/mol. The molecule has 0 aliphatic carbocycles. The van der Waals surface area contributed by atoms with E-state index in [9.17, 15) is 4.79 Å². The van der Waals surface area contributed by atoms with Crippen molar-refractivity contribution in [1.82, 2.24) is 5.32 Å². The van der Waals surface area contributed by atoms with Gasteiger partial charge in [-0.15, -0.1) is 0 Å². The fourth-order valence-electron chi connectivity index (χ4n) is 3.56. The van der Waals surface area contributed by atoms with Crippen molar-refractivity contribution in [2.75, 3.05) is 13.1 Å². The fraction of sp³-hybridized carbons (Fsp3) is 0.381. The molecule has 0 saturated carbocycles. The van der Waals surface area contributed by atoms with Gasteiger partial charge in [0.05, 0.1) is 19.1 Å². The first-order valence-electron chi connectivity index (χ1n) is 9.05. The van der Waals surface area contributed by atoms with Gasteiger partial charge in [-0.3, -0.25) is 4.79 Å². The number of benzene rings is 2. The summed E-state index contributed by atoms with van der Waals surface area (Å²) < 4.78 is 0. The first kappa shape index (κ1) is 18.0. The van der Waals surface area contributed by atoms with Crippen molar-refractivity contribution < 1.29 is 9.69 Å². The topological polar surface area (TPSA) is 33.5 Å². The Morgan fingerprint density at radius 2 is 1.88 bits per heavy atom. The molecule has 0 bridgehead atoms. The summed E-state index contributed by atoms with van der Waals surface area (Å²) >= 11 is 6.06. The van der Waals surface area contributed by atoms with Crippen LogP contribution in [-0.2, 0) is 11.3 Å². The van der Waals surface area contributed by atoms with Gasteiger partial charge in [0, 0.05) is 29.3 Å². The van der Waals surface area contributed by atoms with Crippen LogP contribution in [0.1, 0.15) is 36.9 Å². The van der Waals surface area contributed by atoms with E-state index in [1.165, 1.54) is 10.5 Å². The molecular formula is C21H26ClN2O+. The Labute approximate surface area is 155 Å². The molecule has 3 nitrogen and oxygen atoms in total. The number of piperidine rings is 1. The minimum Gasteiger partial charge on any atom is -0.349 e. The SMILES string of the molecule is C[C@H](NC(=O)C1CC[NH+](Cc2cccc(Cl)c2)CC1)c1ccccc1. The summed E-state index contributed by atoms with van der Waals surface area (Å²) in [6.07, 6.45) is 1.90. The van der Waals surface area contributed by atoms with Crippen LogP contribution in [0.4, 0.5) is 0 Å². The molecule has 4 heteroatoms. The standard InChI is InChI=1S/C21H25ClN2O/c1-16(18-7-3-2-4-8-18)23-21(25)19-10-12-24(13-11-19)15-17-6-5-9-20(22)14-17/h2-9,14,16,19H,10-13,15H2,1H3,(H,23,25)/p+1/t16-/m0/s1. The van der Waals surface area contributed by atoms with Gasteiger partial charge < -0.3 is 10.2 Å².